The van der Waals surface area contributed by atoms with Gasteiger partial charge in [0.15, 0.2) is 15.0 Å². The van der Waals surface area contributed by atoms with Crippen molar-refractivity contribution in [1.29, 1.82) is 0 Å². The van der Waals surface area contributed by atoms with Crippen LogP contribution in [0, 0.1) is 6.92 Å². The number of aromatic nitrogens is 1. The van der Waals surface area contributed by atoms with Gasteiger partial charge in [-0.1, -0.05) is 47.7 Å². The van der Waals surface area contributed by atoms with Gasteiger partial charge in [0.2, 0.25) is 5.91 Å². The smallest absolute Gasteiger partial charge is 0.244 e. The molecule has 1 aromatic heterocycles. The second kappa shape index (κ2) is 9.82. The fraction of sp³-hybridized carbons (Fsp3) is 0.200. The first-order valence-electron chi connectivity index (χ1n) is 10.5. The first kappa shape index (κ1) is 23.7. The van der Waals surface area contributed by atoms with Crippen LogP contribution in [0.25, 0.3) is 10.2 Å². The lowest BCUT2D eigenvalue weighted by molar-refractivity contribution is -0.116. The number of hydrogen-bond donors (Lipinski definition) is 0. The van der Waals surface area contributed by atoms with Crippen molar-refractivity contribution >= 4 is 42.4 Å². The molecule has 0 unspecified atom stereocenters. The Morgan fingerprint density at radius 1 is 0.971 bits per heavy atom. The minimum Gasteiger partial charge on any atom is -0.497 e. The molecule has 0 spiro atoms. The molecule has 4 aromatic rings. The number of fused-ring (bicyclic) bond motifs is 1. The van der Waals surface area contributed by atoms with E-state index in [2.05, 4.69) is 4.98 Å². The molecule has 3 aromatic carbocycles. The Balaban J connectivity index is 1.72. The van der Waals surface area contributed by atoms with Crippen molar-refractivity contribution in [1.82, 2.24) is 4.98 Å². The van der Waals surface area contributed by atoms with E-state index in [-0.39, 0.29) is 11.4 Å². The Kier molecular flexibility index (Phi) is 6.85. The van der Waals surface area contributed by atoms with Crippen LogP contribution in [0.5, 0.6) is 11.5 Å². The molecule has 0 aliphatic carbocycles. The number of aryl methyl sites for hydroxylation is 1. The molecule has 0 N–H and O–H groups in total. The zero-order valence-electron chi connectivity index (χ0n) is 19.0. The van der Waals surface area contributed by atoms with Gasteiger partial charge in [-0.15, -0.1) is 0 Å². The number of sulfone groups is 1. The molecule has 4 rings (SSSR count). The van der Waals surface area contributed by atoms with Crippen LogP contribution >= 0.6 is 11.3 Å². The topological polar surface area (TPSA) is 85.8 Å². The summed E-state index contributed by atoms with van der Waals surface area (Å²) in [7, 11) is -0.805. The standard InChI is InChI=1S/C25H24N2O5S2/c1-17-9-14-21(32-3)23-24(17)33-25(26-23)27(15-18-7-5-4-6-8-18)22(28)16-34(29,30)20-12-10-19(31-2)11-13-20/h4-14H,15-16H2,1-3H3. The minimum absolute atomic E-state index is 0.0584. The fourth-order valence-corrected chi connectivity index (χ4v) is 5.78. The Bertz CT molecular complexity index is 1420. The number of anilines is 1. The Morgan fingerprint density at radius 2 is 1.68 bits per heavy atom. The SMILES string of the molecule is COc1ccc(S(=O)(=O)CC(=O)N(Cc2ccccc2)c2nc3c(OC)ccc(C)c3s2)cc1. The van der Waals surface area contributed by atoms with Crippen LogP contribution in [0.1, 0.15) is 11.1 Å². The number of amides is 1. The van der Waals surface area contributed by atoms with Gasteiger partial charge in [-0.2, -0.15) is 0 Å². The Labute approximate surface area is 202 Å². The number of hydrogen-bond acceptors (Lipinski definition) is 7. The average Bonchev–Trinajstić information content (AvgIpc) is 3.29. The first-order valence-corrected chi connectivity index (χ1v) is 12.9. The molecule has 0 aliphatic rings. The summed E-state index contributed by atoms with van der Waals surface area (Å²) in [5, 5.41) is 0.418. The molecule has 9 heteroatoms. The number of benzene rings is 3. The Morgan fingerprint density at radius 3 is 2.32 bits per heavy atom. The van der Waals surface area contributed by atoms with E-state index in [9.17, 15) is 13.2 Å². The minimum atomic E-state index is -3.88. The van der Waals surface area contributed by atoms with Crippen molar-refractivity contribution in [2.24, 2.45) is 0 Å². The van der Waals surface area contributed by atoms with Crippen molar-refractivity contribution in [3.05, 3.63) is 77.9 Å². The van der Waals surface area contributed by atoms with E-state index in [0.717, 1.165) is 15.8 Å². The van der Waals surface area contributed by atoms with E-state index < -0.39 is 21.5 Å². The maximum atomic E-state index is 13.4. The van der Waals surface area contributed by atoms with Crippen molar-refractivity contribution in [3.63, 3.8) is 0 Å². The molecule has 7 nitrogen and oxygen atoms in total. The number of carbonyl (C=O) groups is 1. The molecular formula is C25H24N2O5S2. The summed E-state index contributed by atoms with van der Waals surface area (Å²) in [4.78, 5) is 19.6. The van der Waals surface area contributed by atoms with Gasteiger partial charge in [0.25, 0.3) is 0 Å². The van der Waals surface area contributed by atoms with Crippen LogP contribution in [0.15, 0.2) is 71.6 Å². The first-order chi connectivity index (χ1) is 16.3. The van der Waals surface area contributed by atoms with Crippen LogP contribution in [0.4, 0.5) is 5.13 Å². The van der Waals surface area contributed by atoms with Gasteiger partial charge < -0.3 is 9.47 Å². The lowest BCUT2D eigenvalue weighted by Crippen LogP contribution is -2.35. The fourth-order valence-electron chi connectivity index (χ4n) is 3.51. The van der Waals surface area contributed by atoms with Crippen LogP contribution < -0.4 is 14.4 Å². The summed E-state index contributed by atoms with van der Waals surface area (Å²) in [6, 6.07) is 19.2. The lowest BCUT2D eigenvalue weighted by Gasteiger charge is -2.20. The van der Waals surface area contributed by atoms with E-state index in [0.29, 0.717) is 22.1 Å². The third-order valence-electron chi connectivity index (χ3n) is 5.36. The quantitative estimate of drug-likeness (QED) is 0.354. The van der Waals surface area contributed by atoms with Gasteiger partial charge in [0, 0.05) is 0 Å². The second-order valence-electron chi connectivity index (χ2n) is 7.66. The number of rotatable bonds is 8. The van der Waals surface area contributed by atoms with Crippen LogP contribution in [-0.4, -0.2) is 39.3 Å². The molecule has 0 saturated heterocycles. The summed E-state index contributed by atoms with van der Waals surface area (Å²) in [6.45, 7) is 2.15. The van der Waals surface area contributed by atoms with Crippen molar-refractivity contribution in [3.8, 4) is 11.5 Å². The number of nitrogens with zero attached hydrogens (tertiary/aromatic N) is 2. The normalized spacial score (nSPS) is 11.4. The van der Waals surface area contributed by atoms with Crippen molar-refractivity contribution < 1.29 is 22.7 Å². The zero-order chi connectivity index (χ0) is 24.3. The van der Waals surface area contributed by atoms with E-state index in [1.807, 2.05) is 49.4 Å². The number of carbonyl (C=O) groups excluding carboxylic acids is 1. The van der Waals surface area contributed by atoms with Gasteiger partial charge in [-0.05, 0) is 48.4 Å². The third kappa shape index (κ3) is 4.90. The molecule has 0 radical (unpaired) electrons. The second-order valence-corrected chi connectivity index (χ2v) is 10.6. The maximum absolute atomic E-state index is 13.4. The predicted octanol–water partition coefficient (Wildman–Crippen LogP) is 4.63. The van der Waals surface area contributed by atoms with E-state index in [1.54, 1.807) is 19.2 Å². The summed E-state index contributed by atoms with van der Waals surface area (Å²) in [5.41, 5.74) is 2.50. The number of thiazole rings is 1. The van der Waals surface area contributed by atoms with E-state index in [4.69, 9.17) is 9.47 Å². The number of ether oxygens (including phenoxy) is 2. The van der Waals surface area contributed by atoms with Gasteiger partial charge >= 0.3 is 0 Å². The summed E-state index contributed by atoms with van der Waals surface area (Å²) < 4.78 is 37.5. The van der Waals surface area contributed by atoms with Gasteiger partial charge in [-0.25, -0.2) is 13.4 Å². The molecule has 1 amide bonds. The third-order valence-corrected chi connectivity index (χ3v) is 8.19. The monoisotopic (exact) mass is 496 g/mol. The number of methoxy groups -OCH3 is 2. The molecule has 0 saturated carbocycles. The highest BCUT2D eigenvalue weighted by molar-refractivity contribution is 7.92. The largest absolute Gasteiger partial charge is 0.497 e. The van der Waals surface area contributed by atoms with Crippen LogP contribution in [-0.2, 0) is 21.2 Å². The van der Waals surface area contributed by atoms with Crippen LogP contribution in [0.2, 0.25) is 0 Å². The molecular weight excluding hydrogens is 472 g/mol. The summed E-state index contributed by atoms with van der Waals surface area (Å²) in [5.74, 6) is -0.107. The molecule has 0 bridgehead atoms. The van der Waals surface area contributed by atoms with E-state index >= 15 is 0 Å². The zero-order valence-corrected chi connectivity index (χ0v) is 20.7. The molecule has 0 aliphatic heterocycles. The highest BCUT2D eigenvalue weighted by Crippen LogP contribution is 2.37. The molecule has 0 atom stereocenters. The highest BCUT2D eigenvalue weighted by atomic mass is 32.2. The maximum Gasteiger partial charge on any atom is 0.244 e. The molecule has 0 fully saturated rings. The van der Waals surface area contributed by atoms with Gasteiger partial charge in [-0.3, -0.25) is 9.69 Å². The summed E-state index contributed by atoms with van der Waals surface area (Å²) >= 11 is 1.34. The highest BCUT2D eigenvalue weighted by Gasteiger charge is 2.27. The van der Waals surface area contributed by atoms with Gasteiger partial charge in [0.1, 0.15) is 22.8 Å². The Hall–Kier alpha value is -3.43. The van der Waals surface area contributed by atoms with Gasteiger partial charge in [0.05, 0.1) is 30.4 Å². The average molecular weight is 497 g/mol. The summed E-state index contributed by atoms with van der Waals surface area (Å²) in [6.07, 6.45) is 0. The van der Waals surface area contributed by atoms with Crippen molar-refractivity contribution in [2.75, 3.05) is 24.9 Å². The molecule has 34 heavy (non-hydrogen) atoms. The molecule has 176 valence electrons. The predicted molar refractivity (Wildman–Crippen MR) is 134 cm³/mol. The van der Waals surface area contributed by atoms with Crippen molar-refractivity contribution in [2.45, 2.75) is 18.4 Å². The van der Waals surface area contributed by atoms with E-state index in [1.165, 1.54) is 35.5 Å². The van der Waals surface area contributed by atoms with Crippen LogP contribution in [0.3, 0.4) is 0 Å². The molecule has 1 heterocycles. The lowest BCUT2D eigenvalue weighted by atomic mass is 10.2.